The van der Waals surface area contributed by atoms with Crippen LogP contribution in [-0.2, 0) is 9.59 Å². The van der Waals surface area contributed by atoms with Crippen LogP contribution < -0.4 is 4.90 Å². The Bertz CT molecular complexity index is 1340. The Morgan fingerprint density at radius 1 is 0.788 bits per heavy atom. The van der Waals surface area contributed by atoms with E-state index >= 15 is 0 Å². The Kier molecular flexibility index (Phi) is 4.49. The molecule has 0 aromatic heterocycles. The van der Waals surface area contributed by atoms with E-state index in [-0.39, 0.29) is 17.6 Å². The Balaban J connectivity index is 1.52. The molecule has 6 rings (SSSR count). The van der Waals surface area contributed by atoms with Gasteiger partial charge in [-0.05, 0) is 29.3 Å². The average Bonchev–Trinajstić information content (AvgIpc) is 3.32. The van der Waals surface area contributed by atoms with Gasteiger partial charge in [-0.1, -0.05) is 78.3 Å². The van der Waals surface area contributed by atoms with E-state index in [1.807, 2.05) is 47.5 Å². The number of amides is 2. The van der Waals surface area contributed by atoms with Gasteiger partial charge in [-0.25, -0.2) is 4.90 Å². The lowest BCUT2D eigenvalue weighted by Gasteiger charge is -2.35. The smallest absolute Gasteiger partial charge is 0.240 e. The number of anilines is 1. The molecular formula is C27H19ClN2O3. The molecule has 0 spiro atoms. The van der Waals surface area contributed by atoms with Crippen molar-refractivity contribution in [2.45, 2.75) is 12.1 Å². The molecule has 3 aliphatic heterocycles. The summed E-state index contributed by atoms with van der Waals surface area (Å²) in [5, 5.41) is 0.325. The molecule has 3 aromatic carbocycles. The zero-order chi connectivity index (χ0) is 22.7. The number of benzene rings is 3. The summed E-state index contributed by atoms with van der Waals surface area (Å²) in [5.74, 6) is -2.35. The summed E-state index contributed by atoms with van der Waals surface area (Å²) in [6, 6.07) is 22.4. The molecule has 0 saturated carbocycles. The molecule has 162 valence electrons. The molecule has 4 atom stereocenters. The highest BCUT2D eigenvalue weighted by Gasteiger charge is 2.64. The molecule has 0 radical (unpaired) electrons. The number of para-hydroxylation sites is 1. The molecule has 2 amide bonds. The molecule has 0 unspecified atom stereocenters. The summed E-state index contributed by atoms with van der Waals surface area (Å²) in [6.07, 6.45) is 3.80. The molecule has 3 aromatic rings. The van der Waals surface area contributed by atoms with Gasteiger partial charge in [0, 0.05) is 11.8 Å². The summed E-state index contributed by atoms with van der Waals surface area (Å²) in [5.41, 5.74) is 2.81. The highest BCUT2D eigenvalue weighted by Crippen LogP contribution is 2.54. The molecule has 0 bridgehead atoms. The van der Waals surface area contributed by atoms with Crippen LogP contribution in [0.2, 0.25) is 5.02 Å². The fourth-order valence-corrected chi connectivity index (χ4v) is 5.72. The fourth-order valence-electron chi connectivity index (χ4n) is 5.50. The van der Waals surface area contributed by atoms with Gasteiger partial charge in [0.2, 0.25) is 11.8 Å². The summed E-state index contributed by atoms with van der Waals surface area (Å²) < 4.78 is 0. The Morgan fingerprint density at radius 3 is 2.24 bits per heavy atom. The maximum atomic E-state index is 13.8. The average molecular weight is 455 g/mol. The Morgan fingerprint density at radius 2 is 1.45 bits per heavy atom. The summed E-state index contributed by atoms with van der Waals surface area (Å²) in [4.78, 5) is 44.4. The molecular weight excluding hydrogens is 436 g/mol. The molecule has 3 aliphatic rings. The van der Waals surface area contributed by atoms with Gasteiger partial charge in [-0.3, -0.25) is 14.4 Å². The third kappa shape index (κ3) is 2.82. The van der Waals surface area contributed by atoms with Crippen molar-refractivity contribution in [1.29, 1.82) is 0 Å². The molecule has 33 heavy (non-hydrogen) atoms. The predicted molar refractivity (Wildman–Crippen MR) is 126 cm³/mol. The lowest BCUT2D eigenvalue weighted by Crippen LogP contribution is -2.44. The van der Waals surface area contributed by atoms with E-state index in [0.29, 0.717) is 16.3 Å². The van der Waals surface area contributed by atoms with Gasteiger partial charge in [0.15, 0.2) is 5.78 Å². The number of rotatable bonds is 3. The van der Waals surface area contributed by atoms with Gasteiger partial charge in [0.25, 0.3) is 0 Å². The minimum absolute atomic E-state index is 0.167. The van der Waals surface area contributed by atoms with Crippen molar-refractivity contribution in [3.8, 4) is 0 Å². The largest absolute Gasteiger partial charge is 0.358 e. The number of imide groups is 1. The van der Waals surface area contributed by atoms with Crippen molar-refractivity contribution in [3.05, 3.63) is 107 Å². The van der Waals surface area contributed by atoms with Crippen molar-refractivity contribution < 1.29 is 14.4 Å². The van der Waals surface area contributed by atoms with E-state index in [1.165, 1.54) is 4.90 Å². The standard InChI is InChI=1S/C27H19ClN2O3/c28-19-12-6-7-13-20(19)30-26(32)21-22(27(30)33)24(25(31)17-9-2-1-3-10-17)29-15-14-16-8-4-5-11-18(16)23(21)29/h1-15,21-24H/t21-,22+,23+,24-/m0/s1. The maximum absolute atomic E-state index is 13.8. The first kappa shape index (κ1) is 19.9. The first-order valence-electron chi connectivity index (χ1n) is 10.8. The number of hydrogen-bond acceptors (Lipinski definition) is 4. The van der Waals surface area contributed by atoms with Crippen LogP contribution in [-0.4, -0.2) is 28.5 Å². The van der Waals surface area contributed by atoms with Crippen molar-refractivity contribution in [2.24, 2.45) is 11.8 Å². The van der Waals surface area contributed by atoms with Crippen LogP contribution in [0.3, 0.4) is 0 Å². The zero-order valence-electron chi connectivity index (χ0n) is 17.5. The van der Waals surface area contributed by atoms with Crippen LogP contribution in [0.1, 0.15) is 27.5 Å². The van der Waals surface area contributed by atoms with Crippen molar-refractivity contribution in [2.75, 3.05) is 4.90 Å². The first-order valence-corrected chi connectivity index (χ1v) is 11.2. The summed E-state index contributed by atoms with van der Waals surface area (Å²) >= 11 is 6.37. The van der Waals surface area contributed by atoms with E-state index in [2.05, 4.69) is 0 Å². The second kappa shape index (κ2) is 7.42. The lowest BCUT2D eigenvalue weighted by atomic mass is 9.83. The van der Waals surface area contributed by atoms with Gasteiger partial charge in [0.05, 0.1) is 28.6 Å². The number of hydrogen-bond donors (Lipinski definition) is 0. The van der Waals surface area contributed by atoms with E-state index in [0.717, 1.165) is 11.1 Å². The van der Waals surface area contributed by atoms with E-state index in [1.54, 1.807) is 48.5 Å². The lowest BCUT2D eigenvalue weighted by molar-refractivity contribution is -0.123. The van der Waals surface area contributed by atoms with Gasteiger partial charge < -0.3 is 4.90 Å². The van der Waals surface area contributed by atoms with Crippen molar-refractivity contribution in [3.63, 3.8) is 0 Å². The zero-order valence-corrected chi connectivity index (χ0v) is 18.2. The van der Waals surface area contributed by atoms with Crippen molar-refractivity contribution >= 4 is 41.0 Å². The quantitative estimate of drug-likeness (QED) is 0.424. The number of halogens is 1. The molecule has 2 fully saturated rings. The molecule has 6 heteroatoms. The first-order chi connectivity index (χ1) is 16.1. The second-order valence-electron chi connectivity index (χ2n) is 8.53. The van der Waals surface area contributed by atoms with E-state index in [9.17, 15) is 14.4 Å². The third-order valence-corrected chi connectivity index (χ3v) is 7.20. The number of Topliss-reactive ketones (excluding diaryl/α,β-unsaturated/α-hetero) is 1. The molecule has 0 aliphatic carbocycles. The van der Waals surface area contributed by atoms with Gasteiger partial charge in [-0.15, -0.1) is 0 Å². The van der Waals surface area contributed by atoms with Crippen LogP contribution in [0.5, 0.6) is 0 Å². The van der Waals surface area contributed by atoms with Crippen molar-refractivity contribution in [1.82, 2.24) is 4.90 Å². The summed E-state index contributed by atoms with van der Waals surface area (Å²) in [6.45, 7) is 0. The number of fused-ring (bicyclic) bond motifs is 5. The number of ketones is 1. The van der Waals surface area contributed by atoms with Crippen LogP contribution >= 0.6 is 11.6 Å². The van der Waals surface area contributed by atoms with Crippen LogP contribution in [0, 0.1) is 11.8 Å². The van der Waals surface area contributed by atoms with Gasteiger partial charge in [-0.2, -0.15) is 0 Å². The summed E-state index contributed by atoms with van der Waals surface area (Å²) in [7, 11) is 0. The monoisotopic (exact) mass is 454 g/mol. The van der Waals surface area contributed by atoms with Gasteiger partial charge >= 0.3 is 0 Å². The number of nitrogens with zero attached hydrogens (tertiary/aromatic N) is 2. The highest BCUT2D eigenvalue weighted by molar-refractivity contribution is 6.36. The molecule has 5 nitrogen and oxygen atoms in total. The number of carbonyl (C=O) groups is 3. The fraction of sp³-hybridized carbons (Fsp3) is 0.148. The molecule has 3 heterocycles. The maximum Gasteiger partial charge on any atom is 0.240 e. The molecule has 0 N–H and O–H groups in total. The normalized spacial score (nSPS) is 25.1. The minimum atomic E-state index is -0.803. The van der Waals surface area contributed by atoms with E-state index in [4.69, 9.17) is 11.6 Å². The van der Waals surface area contributed by atoms with Crippen LogP contribution in [0.25, 0.3) is 6.08 Å². The SMILES string of the molecule is O=C(c1ccccc1)[C@@H]1[C@@H]2C(=O)N(c3ccccc3Cl)C(=O)[C@@H]2[C@H]2c3ccccc3C=CN12. The number of carbonyl (C=O) groups excluding carboxylic acids is 3. The second-order valence-corrected chi connectivity index (χ2v) is 8.93. The Labute approximate surface area is 195 Å². The predicted octanol–water partition coefficient (Wildman–Crippen LogP) is 4.74. The van der Waals surface area contributed by atoms with E-state index < -0.39 is 23.9 Å². The third-order valence-electron chi connectivity index (χ3n) is 6.88. The topological polar surface area (TPSA) is 57.7 Å². The minimum Gasteiger partial charge on any atom is -0.358 e. The van der Waals surface area contributed by atoms with Crippen LogP contribution in [0.15, 0.2) is 85.1 Å². The van der Waals surface area contributed by atoms with Gasteiger partial charge in [0.1, 0.15) is 6.04 Å². The molecule has 2 saturated heterocycles. The van der Waals surface area contributed by atoms with Crippen LogP contribution in [0.4, 0.5) is 5.69 Å². The highest BCUT2D eigenvalue weighted by atomic mass is 35.5. The Hall–Kier alpha value is -3.70.